The van der Waals surface area contributed by atoms with Gasteiger partial charge in [-0.15, -0.1) is 0 Å². The second kappa shape index (κ2) is 6.02. The van der Waals surface area contributed by atoms with Crippen molar-refractivity contribution in [3.8, 4) is 0 Å². The molecule has 1 aliphatic rings. The number of hydrogen-bond acceptors (Lipinski definition) is 4. The molecule has 0 saturated carbocycles. The highest BCUT2D eigenvalue weighted by atomic mass is 16.5. The lowest BCUT2D eigenvalue weighted by atomic mass is 10.1. The van der Waals surface area contributed by atoms with Gasteiger partial charge in [-0.3, -0.25) is 4.79 Å². The Hall–Kier alpha value is -2.63. The summed E-state index contributed by atoms with van der Waals surface area (Å²) < 4.78 is 7.37. The van der Waals surface area contributed by atoms with E-state index in [0.717, 1.165) is 35.9 Å². The zero-order valence-corrected chi connectivity index (χ0v) is 14.8. The number of nitrogens with zero attached hydrogens (tertiary/aromatic N) is 4. The molecule has 3 heterocycles. The van der Waals surface area contributed by atoms with Crippen molar-refractivity contribution in [1.82, 2.24) is 19.6 Å². The first kappa shape index (κ1) is 15.9. The van der Waals surface area contributed by atoms with Crippen molar-refractivity contribution in [1.29, 1.82) is 0 Å². The maximum absolute atomic E-state index is 13.2. The van der Waals surface area contributed by atoms with Gasteiger partial charge in [0.05, 0.1) is 6.04 Å². The van der Waals surface area contributed by atoms with Crippen LogP contribution in [0.4, 0.5) is 0 Å². The number of likely N-dealkylation sites (tertiary alicyclic amines) is 1. The van der Waals surface area contributed by atoms with E-state index < -0.39 is 0 Å². The Kier molecular flexibility index (Phi) is 3.82. The van der Waals surface area contributed by atoms with Crippen molar-refractivity contribution >= 4 is 16.8 Å². The van der Waals surface area contributed by atoms with Gasteiger partial charge >= 0.3 is 0 Å². The molecule has 0 radical (unpaired) electrons. The summed E-state index contributed by atoms with van der Waals surface area (Å²) in [6.45, 7) is 4.76. The van der Waals surface area contributed by atoms with Crippen LogP contribution in [0.5, 0.6) is 0 Å². The average molecular weight is 338 g/mol. The van der Waals surface area contributed by atoms with Crippen molar-refractivity contribution in [3.63, 3.8) is 0 Å². The topological polar surface area (TPSA) is 64.2 Å². The molecule has 130 valence electrons. The van der Waals surface area contributed by atoms with Gasteiger partial charge in [0.25, 0.3) is 5.91 Å². The van der Waals surface area contributed by atoms with E-state index in [2.05, 4.69) is 10.1 Å². The molecular weight excluding hydrogens is 316 g/mol. The van der Waals surface area contributed by atoms with Crippen LogP contribution in [0.3, 0.4) is 0 Å². The first-order valence-electron chi connectivity index (χ1n) is 8.75. The molecule has 6 nitrogen and oxygen atoms in total. The fraction of sp³-hybridized carbons (Fsp3) is 0.421. The van der Waals surface area contributed by atoms with E-state index in [-0.39, 0.29) is 17.9 Å². The van der Waals surface area contributed by atoms with Gasteiger partial charge in [0.1, 0.15) is 0 Å². The van der Waals surface area contributed by atoms with Crippen molar-refractivity contribution in [2.75, 3.05) is 6.54 Å². The van der Waals surface area contributed by atoms with Crippen LogP contribution in [-0.4, -0.2) is 32.1 Å². The minimum absolute atomic E-state index is 0.0372. The molecule has 1 atom stereocenters. The Morgan fingerprint density at radius 3 is 2.92 bits per heavy atom. The van der Waals surface area contributed by atoms with Crippen molar-refractivity contribution < 1.29 is 9.32 Å². The summed E-state index contributed by atoms with van der Waals surface area (Å²) in [5.41, 5.74) is 1.79. The summed E-state index contributed by atoms with van der Waals surface area (Å²) in [6, 6.07) is 7.75. The van der Waals surface area contributed by atoms with E-state index in [4.69, 9.17) is 4.52 Å². The van der Waals surface area contributed by atoms with Crippen LogP contribution < -0.4 is 0 Å². The summed E-state index contributed by atoms with van der Waals surface area (Å²) >= 11 is 0. The van der Waals surface area contributed by atoms with Crippen LogP contribution in [0.15, 0.2) is 35.0 Å². The SMILES string of the molecule is CC(C)c1nc([C@H]2CCCN2C(=O)c2cccc3c2ccn3C)no1. The highest BCUT2D eigenvalue weighted by Gasteiger charge is 2.34. The number of fused-ring (bicyclic) bond motifs is 1. The number of rotatable bonds is 3. The third kappa shape index (κ3) is 2.62. The van der Waals surface area contributed by atoms with Gasteiger partial charge in [0, 0.05) is 42.2 Å². The predicted octanol–water partition coefficient (Wildman–Crippen LogP) is 3.66. The van der Waals surface area contributed by atoms with Crippen LogP contribution in [0, 0.1) is 0 Å². The molecule has 0 N–H and O–H groups in total. The highest BCUT2D eigenvalue weighted by Crippen LogP contribution is 2.33. The van der Waals surface area contributed by atoms with E-state index in [1.54, 1.807) is 0 Å². The lowest BCUT2D eigenvalue weighted by molar-refractivity contribution is 0.0730. The van der Waals surface area contributed by atoms with Crippen LogP contribution in [0.1, 0.15) is 60.7 Å². The summed E-state index contributed by atoms with van der Waals surface area (Å²) in [4.78, 5) is 19.6. The highest BCUT2D eigenvalue weighted by molar-refractivity contribution is 6.06. The molecule has 3 aromatic rings. The maximum atomic E-state index is 13.2. The lowest BCUT2D eigenvalue weighted by Gasteiger charge is -2.22. The molecule has 1 aliphatic heterocycles. The molecule has 6 heteroatoms. The summed E-state index contributed by atoms with van der Waals surface area (Å²) in [5.74, 6) is 1.47. The van der Waals surface area contributed by atoms with E-state index in [0.29, 0.717) is 11.7 Å². The molecule has 1 saturated heterocycles. The Labute approximate surface area is 146 Å². The average Bonchev–Trinajstić information content (AvgIpc) is 3.33. The molecule has 0 unspecified atom stereocenters. The quantitative estimate of drug-likeness (QED) is 0.731. The fourth-order valence-corrected chi connectivity index (χ4v) is 3.54. The first-order chi connectivity index (χ1) is 12.1. The zero-order valence-electron chi connectivity index (χ0n) is 14.8. The molecule has 2 aromatic heterocycles. The standard InChI is InChI=1S/C19H22N4O2/c1-12(2)18-20-17(21-25-18)16-8-5-10-23(16)19(24)14-6-4-7-15-13(14)9-11-22(15)3/h4,6-7,9,11-12,16H,5,8,10H2,1-3H3/t16-/m1/s1. The van der Waals surface area contributed by atoms with Crippen LogP contribution in [-0.2, 0) is 7.05 Å². The van der Waals surface area contributed by atoms with Gasteiger partial charge < -0.3 is 14.0 Å². The van der Waals surface area contributed by atoms with Gasteiger partial charge in [-0.2, -0.15) is 4.98 Å². The lowest BCUT2D eigenvalue weighted by Crippen LogP contribution is -2.31. The number of carbonyl (C=O) groups is 1. The van der Waals surface area contributed by atoms with E-state index in [1.165, 1.54) is 0 Å². The molecule has 0 bridgehead atoms. The minimum Gasteiger partial charge on any atom is -0.351 e. The molecular formula is C19H22N4O2. The monoisotopic (exact) mass is 338 g/mol. The Morgan fingerprint density at radius 1 is 1.32 bits per heavy atom. The van der Waals surface area contributed by atoms with Crippen LogP contribution >= 0.6 is 0 Å². The second-order valence-electron chi connectivity index (χ2n) is 6.97. The molecule has 0 aliphatic carbocycles. The van der Waals surface area contributed by atoms with Crippen LogP contribution in [0.2, 0.25) is 0 Å². The molecule has 1 fully saturated rings. The fourth-order valence-electron chi connectivity index (χ4n) is 3.54. The third-order valence-corrected chi connectivity index (χ3v) is 4.92. The zero-order chi connectivity index (χ0) is 17.6. The Morgan fingerprint density at radius 2 is 2.16 bits per heavy atom. The predicted molar refractivity (Wildman–Crippen MR) is 94.3 cm³/mol. The van der Waals surface area contributed by atoms with Gasteiger partial charge in [-0.05, 0) is 31.0 Å². The summed E-state index contributed by atoms with van der Waals surface area (Å²) in [7, 11) is 1.99. The van der Waals surface area contributed by atoms with Gasteiger partial charge in [-0.1, -0.05) is 25.1 Å². The van der Waals surface area contributed by atoms with E-state index >= 15 is 0 Å². The summed E-state index contributed by atoms with van der Waals surface area (Å²) in [6.07, 6.45) is 3.80. The Bertz CT molecular complexity index is 925. The number of amides is 1. The summed E-state index contributed by atoms with van der Waals surface area (Å²) in [5, 5.41) is 5.11. The number of aryl methyl sites for hydroxylation is 1. The smallest absolute Gasteiger partial charge is 0.255 e. The molecule has 0 spiro atoms. The second-order valence-corrected chi connectivity index (χ2v) is 6.97. The number of benzene rings is 1. The van der Waals surface area contributed by atoms with Gasteiger partial charge in [0.2, 0.25) is 5.89 Å². The molecule has 1 amide bonds. The van der Waals surface area contributed by atoms with Crippen molar-refractivity contribution in [2.24, 2.45) is 7.05 Å². The molecule has 4 rings (SSSR count). The number of aromatic nitrogens is 3. The van der Waals surface area contributed by atoms with Gasteiger partial charge in [-0.25, -0.2) is 0 Å². The maximum Gasteiger partial charge on any atom is 0.255 e. The van der Waals surface area contributed by atoms with Crippen molar-refractivity contribution in [3.05, 3.63) is 47.7 Å². The molecule has 1 aromatic carbocycles. The largest absolute Gasteiger partial charge is 0.351 e. The normalized spacial score (nSPS) is 17.8. The number of hydrogen-bond donors (Lipinski definition) is 0. The van der Waals surface area contributed by atoms with E-state index in [1.807, 2.05) is 60.8 Å². The minimum atomic E-state index is -0.109. The van der Waals surface area contributed by atoms with Crippen LogP contribution in [0.25, 0.3) is 10.9 Å². The van der Waals surface area contributed by atoms with E-state index in [9.17, 15) is 4.79 Å². The third-order valence-electron chi connectivity index (χ3n) is 4.92. The van der Waals surface area contributed by atoms with Gasteiger partial charge in [0.15, 0.2) is 5.82 Å². The number of carbonyl (C=O) groups excluding carboxylic acids is 1. The first-order valence-corrected chi connectivity index (χ1v) is 8.75. The van der Waals surface area contributed by atoms with Crippen molar-refractivity contribution in [2.45, 2.75) is 38.6 Å². The molecule has 25 heavy (non-hydrogen) atoms. The Balaban J connectivity index is 1.68.